The van der Waals surface area contributed by atoms with Gasteiger partial charge in [0.25, 0.3) is 0 Å². The van der Waals surface area contributed by atoms with Crippen molar-refractivity contribution < 1.29 is 28.2 Å². The summed E-state index contributed by atoms with van der Waals surface area (Å²) < 4.78 is 26.0. The lowest BCUT2D eigenvalue weighted by molar-refractivity contribution is -0.142. The summed E-state index contributed by atoms with van der Waals surface area (Å²) in [5.41, 5.74) is 1.75. The largest absolute Gasteiger partial charge is 0.493 e. The molecule has 0 aliphatic carbocycles. The van der Waals surface area contributed by atoms with Crippen molar-refractivity contribution in [3.05, 3.63) is 52.4 Å². The van der Waals surface area contributed by atoms with E-state index in [4.69, 9.17) is 18.6 Å². The highest BCUT2D eigenvalue weighted by molar-refractivity contribution is 5.87. The van der Waals surface area contributed by atoms with Crippen LogP contribution in [0.1, 0.15) is 5.56 Å². The van der Waals surface area contributed by atoms with Gasteiger partial charge in [-0.2, -0.15) is 0 Å². The average Bonchev–Trinajstić information content (AvgIpc) is 2.71. The molecule has 0 saturated carbocycles. The van der Waals surface area contributed by atoms with E-state index in [1.807, 2.05) is 6.92 Å². The third-order valence-electron chi connectivity index (χ3n) is 4.40. The second kappa shape index (κ2) is 8.04. The minimum absolute atomic E-state index is 0.227. The van der Waals surface area contributed by atoms with E-state index in [1.165, 1.54) is 14.2 Å². The number of carbonyl (C=O) groups excluding carboxylic acids is 1. The predicted octanol–water partition coefficient (Wildman–Crippen LogP) is 3.34. The molecule has 0 fully saturated rings. The number of hydrogen-bond donors (Lipinski definition) is 0. The maximum atomic E-state index is 12.7. The van der Waals surface area contributed by atoms with E-state index in [0.29, 0.717) is 34.0 Å². The summed E-state index contributed by atoms with van der Waals surface area (Å²) in [5, 5.41) is 0.759. The molecule has 7 nitrogen and oxygen atoms in total. The molecule has 0 aliphatic heterocycles. The highest BCUT2D eigenvalue weighted by Gasteiger charge is 2.16. The smallest absolute Gasteiger partial charge is 0.344 e. The lowest BCUT2D eigenvalue weighted by atomic mass is 9.99. The Kier molecular flexibility index (Phi) is 5.54. The number of carbonyl (C=O) groups is 1. The SMILES string of the molecule is COC(=O)COc1ccc2c(C)c(-c3ccc(OC)c(OC)c3)c(=O)oc2c1. The van der Waals surface area contributed by atoms with E-state index in [2.05, 4.69) is 4.74 Å². The van der Waals surface area contributed by atoms with Gasteiger partial charge in [-0.15, -0.1) is 0 Å². The molecule has 0 radical (unpaired) electrons. The van der Waals surface area contributed by atoms with Gasteiger partial charge in [0.05, 0.1) is 26.9 Å². The quantitative estimate of drug-likeness (QED) is 0.476. The van der Waals surface area contributed by atoms with Crippen LogP contribution < -0.4 is 19.8 Å². The summed E-state index contributed by atoms with van der Waals surface area (Å²) in [7, 11) is 4.37. The Morgan fingerprint density at radius 3 is 2.43 bits per heavy atom. The molecule has 3 rings (SSSR count). The molecule has 0 bridgehead atoms. The molecule has 2 aromatic carbocycles. The Balaban J connectivity index is 2.06. The monoisotopic (exact) mass is 384 g/mol. The van der Waals surface area contributed by atoms with Gasteiger partial charge < -0.3 is 23.4 Å². The number of esters is 1. The van der Waals surface area contributed by atoms with Crippen LogP contribution >= 0.6 is 0 Å². The molecule has 1 heterocycles. The van der Waals surface area contributed by atoms with Gasteiger partial charge >= 0.3 is 11.6 Å². The molecule has 0 saturated heterocycles. The first kappa shape index (κ1) is 19.3. The minimum Gasteiger partial charge on any atom is -0.493 e. The third kappa shape index (κ3) is 3.64. The fraction of sp³-hybridized carbons (Fsp3) is 0.238. The summed E-state index contributed by atoms with van der Waals surface area (Å²) in [4.78, 5) is 23.9. The van der Waals surface area contributed by atoms with E-state index in [9.17, 15) is 9.59 Å². The van der Waals surface area contributed by atoms with Gasteiger partial charge in [0.1, 0.15) is 11.3 Å². The van der Waals surface area contributed by atoms with E-state index in [-0.39, 0.29) is 6.61 Å². The van der Waals surface area contributed by atoms with Gasteiger partial charge in [0.15, 0.2) is 18.1 Å². The summed E-state index contributed by atoms with van der Waals surface area (Å²) in [6.07, 6.45) is 0. The van der Waals surface area contributed by atoms with Crippen LogP contribution in [0.2, 0.25) is 0 Å². The van der Waals surface area contributed by atoms with Crippen LogP contribution in [0, 0.1) is 6.92 Å². The van der Waals surface area contributed by atoms with E-state index in [1.54, 1.807) is 43.5 Å². The Morgan fingerprint density at radius 1 is 1.00 bits per heavy atom. The topological polar surface area (TPSA) is 84.2 Å². The number of ether oxygens (including phenoxy) is 4. The van der Waals surface area contributed by atoms with E-state index in [0.717, 1.165) is 10.9 Å². The fourth-order valence-corrected chi connectivity index (χ4v) is 2.95. The second-order valence-electron chi connectivity index (χ2n) is 5.98. The minimum atomic E-state index is -0.499. The van der Waals surface area contributed by atoms with Crippen molar-refractivity contribution >= 4 is 16.9 Å². The normalized spacial score (nSPS) is 10.6. The Hall–Kier alpha value is -3.48. The Bertz CT molecular complexity index is 1080. The molecular weight excluding hydrogens is 364 g/mol. The summed E-state index contributed by atoms with van der Waals surface area (Å²) in [6.45, 7) is 1.62. The highest BCUT2D eigenvalue weighted by Crippen LogP contribution is 2.34. The summed E-state index contributed by atoms with van der Waals surface area (Å²) >= 11 is 0. The van der Waals surface area contributed by atoms with Crippen LogP contribution in [-0.4, -0.2) is 33.9 Å². The lowest BCUT2D eigenvalue weighted by Gasteiger charge is -2.12. The maximum Gasteiger partial charge on any atom is 0.344 e. The molecule has 0 spiro atoms. The average molecular weight is 384 g/mol. The molecule has 0 aliphatic rings. The number of benzene rings is 2. The van der Waals surface area contributed by atoms with E-state index >= 15 is 0 Å². The van der Waals surface area contributed by atoms with Crippen LogP contribution in [0.3, 0.4) is 0 Å². The molecule has 0 N–H and O–H groups in total. The van der Waals surface area contributed by atoms with Crippen molar-refractivity contribution in [2.75, 3.05) is 27.9 Å². The molecule has 0 atom stereocenters. The summed E-state index contributed by atoms with van der Waals surface area (Å²) in [6, 6.07) is 10.3. The van der Waals surface area contributed by atoms with E-state index < -0.39 is 11.6 Å². The van der Waals surface area contributed by atoms with Crippen molar-refractivity contribution in [2.24, 2.45) is 0 Å². The number of fused-ring (bicyclic) bond motifs is 1. The number of aryl methyl sites for hydroxylation is 1. The zero-order valence-corrected chi connectivity index (χ0v) is 16.0. The second-order valence-corrected chi connectivity index (χ2v) is 5.98. The van der Waals surface area contributed by atoms with Gasteiger partial charge in [0, 0.05) is 11.5 Å². The summed E-state index contributed by atoms with van der Waals surface area (Å²) in [5.74, 6) is 0.993. The zero-order valence-electron chi connectivity index (χ0n) is 16.0. The number of rotatable bonds is 6. The lowest BCUT2D eigenvalue weighted by Crippen LogP contribution is -2.12. The van der Waals surface area contributed by atoms with Gasteiger partial charge in [-0.25, -0.2) is 9.59 Å². The zero-order chi connectivity index (χ0) is 20.3. The highest BCUT2D eigenvalue weighted by atomic mass is 16.6. The molecule has 0 amide bonds. The predicted molar refractivity (Wildman–Crippen MR) is 103 cm³/mol. The van der Waals surface area contributed by atoms with Crippen molar-refractivity contribution in [3.8, 4) is 28.4 Å². The number of methoxy groups -OCH3 is 3. The first-order chi connectivity index (χ1) is 13.5. The van der Waals surface area contributed by atoms with Crippen LogP contribution in [-0.2, 0) is 9.53 Å². The fourth-order valence-electron chi connectivity index (χ4n) is 2.95. The van der Waals surface area contributed by atoms with Crippen molar-refractivity contribution in [1.82, 2.24) is 0 Å². The van der Waals surface area contributed by atoms with Crippen LogP contribution in [0.5, 0.6) is 17.2 Å². The molecule has 7 heteroatoms. The van der Waals surface area contributed by atoms with Gasteiger partial charge in [0.2, 0.25) is 0 Å². The van der Waals surface area contributed by atoms with Crippen LogP contribution in [0.4, 0.5) is 0 Å². The molecule has 146 valence electrons. The number of hydrogen-bond acceptors (Lipinski definition) is 7. The third-order valence-corrected chi connectivity index (χ3v) is 4.40. The molecule has 0 unspecified atom stereocenters. The van der Waals surface area contributed by atoms with Gasteiger partial charge in [-0.05, 0) is 42.3 Å². The standard InChI is InChI=1S/C21H20O7/c1-12-15-7-6-14(27-11-19(22)26-4)10-17(15)28-21(23)20(12)13-5-8-16(24-2)18(9-13)25-3/h5-10H,11H2,1-4H3. The maximum absolute atomic E-state index is 12.7. The Labute approximate surface area is 161 Å². The van der Waals surface area contributed by atoms with Gasteiger partial charge in [-0.3, -0.25) is 0 Å². The van der Waals surface area contributed by atoms with Gasteiger partial charge in [-0.1, -0.05) is 6.07 Å². The Morgan fingerprint density at radius 2 is 1.75 bits per heavy atom. The molecule has 28 heavy (non-hydrogen) atoms. The van der Waals surface area contributed by atoms with Crippen molar-refractivity contribution in [3.63, 3.8) is 0 Å². The molecule has 1 aromatic heterocycles. The van der Waals surface area contributed by atoms with Crippen molar-refractivity contribution in [1.29, 1.82) is 0 Å². The first-order valence-corrected chi connectivity index (χ1v) is 8.48. The van der Waals surface area contributed by atoms with Crippen molar-refractivity contribution in [2.45, 2.75) is 6.92 Å². The first-order valence-electron chi connectivity index (χ1n) is 8.48. The molecule has 3 aromatic rings. The molecular formula is C21H20O7. The van der Waals surface area contributed by atoms with Crippen LogP contribution in [0.15, 0.2) is 45.6 Å². The van der Waals surface area contributed by atoms with Crippen LogP contribution in [0.25, 0.3) is 22.1 Å².